The first kappa shape index (κ1) is 20.4. The third-order valence-electron chi connectivity index (χ3n) is 5.19. The first-order valence-electron chi connectivity index (χ1n) is 10.2. The molecule has 0 saturated carbocycles. The molecule has 10 heteroatoms. The monoisotopic (exact) mass is 427 g/mol. The molecular formula is C20H25N7O2S. The molecule has 4 rings (SSSR count). The number of piperazine rings is 1. The summed E-state index contributed by atoms with van der Waals surface area (Å²) in [5.41, 5.74) is 0.934. The van der Waals surface area contributed by atoms with Gasteiger partial charge in [0.1, 0.15) is 12.4 Å². The lowest BCUT2D eigenvalue weighted by Crippen LogP contribution is -2.49. The standard InChI is InChI=1S/C20H25N7O2S/c1-2-6-16-22-23-20(30)27(16)14-18(28)26-11-9-25(10-12-26)13-17-21-19(24-29-17)15-7-4-3-5-8-15/h3-5,7-8H,2,6,9-14H2,1H3,(H,23,30). The SMILES string of the molecule is CCCc1n[nH]c(=S)n1CC(=O)N1CCN(Cc2nc(-c3ccccc3)no2)CC1. The van der Waals surface area contributed by atoms with Gasteiger partial charge in [-0.2, -0.15) is 10.1 Å². The highest BCUT2D eigenvalue weighted by Crippen LogP contribution is 2.16. The van der Waals surface area contributed by atoms with Crippen molar-refractivity contribution in [3.8, 4) is 11.4 Å². The highest BCUT2D eigenvalue weighted by atomic mass is 32.1. The lowest BCUT2D eigenvalue weighted by Gasteiger charge is -2.34. The predicted molar refractivity (Wildman–Crippen MR) is 113 cm³/mol. The Morgan fingerprint density at radius 3 is 2.70 bits per heavy atom. The van der Waals surface area contributed by atoms with Crippen LogP contribution in [0.3, 0.4) is 0 Å². The maximum atomic E-state index is 12.8. The van der Waals surface area contributed by atoms with Crippen LogP contribution in [0.25, 0.3) is 11.4 Å². The van der Waals surface area contributed by atoms with Crippen LogP contribution in [-0.2, 0) is 24.3 Å². The number of rotatable bonds is 7. The lowest BCUT2D eigenvalue weighted by molar-refractivity contribution is -0.133. The van der Waals surface area contributed by atoms with Crippen molar-refractivity contribution in [2.75, 3.05) is 26.2 Å². The van der Waals surface area contributed by atoms with Gasteiger partial charge in [0.2, 0.25) is 17.6 Å². The smallest absolute Gasteiger partial charge is 0.242 e. The summed E-state index contributed by atoms with van der Waals surface area (Å²) in [5, 5.41) is 11.1. The maximum absolute atomic E-state index is 12.8. The van der Waals surface area contributed by atoms with E-state index in [0.717, 1.165) is 37.3 Å². The molecule has 0 atom stereocenters. The Kier molecular flexibility index (Phi) is 6.34. The molecule has 1 fully saturated rings. The van der Waals surface area contributed by atoms with Crippen LogP contribution in [0.1, 0.15) is 25.1 Å². The zero-order chi connectivity index (χ0) is 20.9. The molecule has 0 unspecified atom stereocenters. The van der Waals surface area contributed by atoms with E-state index in [2.05, 4.69) is 32.2 Å². The van der Waals surface area contributed by atoms with Gasteiger partial charge in [-0.1, -0.05) is 42.4 Å². The van der Waals surface area contributed by atoms with Gasteiger partial charge in [-0.3, -0.25) is 19.4 Å². The summed E-state index contributed by atoms with van der Waals surface area (Å²) in [6.45, 7) is 5.72. The van der Waals surface area contributed by atoms with E-state index in [1.165, 1.54) is 0 Å². The zero-order valence-electron chi connectivity index (χ0n) is 17.0. The Labute approximate surface area is 179 Å². The first-order chi connectivity index (χ1) is 14.6. The molecule has 0 radical (unpaired) electrons. The number of amides is 1. The molecule has 0 aliphatic carbocycles. The molecule has 2 aromatic heterocycles. The van der Waals surface area contributed by atoms with E-state index in [4.69, 9.17) is 16.7 Å². The molecule has 1 aliphatic rings. The first-order valence-corrected chi connectivity index (χ1v) is 10.6. The van der Waals surface area contributed by atoms with Crippen molar-refractivity contribution in [1.29, 1.82) is 0 Å². The van der Waals surface area contributed by atoms with E-state index in [1.54, 1.807) is 4.57 Å². The second kappa shape index (κ2) is 9.31. The summed E-state index contributed by atoms with van der Waals surface area (Å²) in [7, 11) is 0. The number of H-pyrrole nitrogens is 1. The molecule has 30 heavy (non-hydrogen) atoms. The second-order valence-corrected chi connectivity index (χ2v) is 7.70. The lowest BCUT2D eigenvalue weighted by atomic mass is 10.2. The molecule has 158 valence electrons. The number of carbonyl (C=O) groups is 1. The van der Waals surface area contributed by atoms with Crippen molar-refractivity contribution in [1.82, 2.24) is 34.7 Å². The van der Waals surface area contributed by atoms with Crippen LogP contribution >= 0.6 is 12.2 Å². The minimum Gasteiger partial charge on any atom is -0.339 e. The van der Waals surface area contributed by atoms with E-state index < -0.39 is 0 Å². The quantitative estimate of drug-likeness (QED) is 0.578. The van der Waals surface area contributed by atoms with E-state index in [0.29, 0.717) is 36.1 Å². The van der Waals surface area contributed by atoms with Crippen molar-refractivity contribution in [3.63, 3.8) is 0 Å². The molecule has 3 aromatic rings. The van der Waals surface area contributed by atoms with Crippen LogP contribution in [0.4, 0.5) is 0 Å². The fourth-order valence-corrected chi connectivity index (χ4v) is 3.75. The Morgan fingerprint density at radius 2 is 1.97 bits per heavy atom. The van der Waals surface area contributed by atoms with Crippen molar-refractivity contribution in [2.45, 2.75) is 32.9 Å². The third-order valence-corrected chi connectivity index (χ3v) is 5.50. The number of aromatic amines is 1. The summed E-state index contributed by atoms with van der Waals surface area (Å²) in [6, 6.07) is 9.76. The van der Waals surface area contributed by atoms with Gasteiger partial charge in [-0.05, 0) is 18.6 Å². The number of benzene rings is 1. The summed E-state index contributed by atoms with van der Waals surface area (Å²) in [4.78, 5) is 21.3. The van der Waals surface area contributed by atoms with Crippen LogP contribution in [0.15, 0.2) is 34.9 Å². The van der Waals surface area contributed by atoms with Gasteiger partial charge < -0.3 is 9.42 Å². The Morgan fingerprint density at radius 1 is 1.20 bits per heavy atom. The van der Waals surface area contributed by atoms with Crippen LogP contribution in [-0.4, -0.2) is 66.8 Å². The van der Waals surface area contributed by atoms with Gasteiger partial charge in [0.25, 0.3) is 0 Å². The molecule has 1 amide bonds. The average molecular weight is 428 g/mol. The molecule has 1 aliphatic heterocycles. The predicted octanol–water partition coefficient (Wildman–Crippen LogP) is 2.29. The molecule has 1 N–H and O–H groups in total. The minimum atomic E-state index is 0.0636. The number of hydrogen-bond donors (Lipinski definition) is 1. The van der Waals surface area contributed by atoms with Crippen molar-refractivity contribution in [2.24, 2.45) is 0 Å². The Bertz CT molecular complexity index is 1030. The van der Waals surface area contributed by atoms with Crippen LogP contribution in [0.2, 0.25) is 0 Å². The molecule has 0 bridgehead atoms. The number of aryl methyl sites for hydroxylation is 1. The van der Waals surface area contributed by atoms with Gasteiger partial charge in [0, 0.05) is 38.2 Å². The van der Waals surface area contributed by atoms with E-state index >= 15 is 0 Å². The van der Waals surface area contributed by atoms with Crippen LogP contribution in [0.5, 0.6) is 0 Å². The van der Waals surface area contributed by atoms with Crippen molar-refractivity contribution < 1.29 is 9.32 Å². The Hall–Kier alpha value is -2.85. The molecule has 9 nitrogen and oxygen atoms in total. The zero-order valence-corrected chi connectivity index (χ0v) is 17.8. The van der Waals surface area contributed by atoms with Crippen LogP contribution in [0, 0.1) is 4.77 Å². The van der Waals surface area contributed by atoms with Gasteiger partial charge in [-0.15, -0.1) is 0 Å². The van der Waals surface area contributed by atoms with Crippen molar-refractivity contribution in [3.05, 3.63) is 46.8 Å². The molecule has 3 heterocycles. The fraction of sp³-hybridized carbons (Fsp3) is 0.450. The van der Waals surface area contributed by atoms with Gasteiger partial charge in [0.05, 0.1) is 6.54 Å². The van der Waals surface area contributed by atoms with E-state index in [1.807, 2.05) is 35.2 Å². The van der Waals surface area contributed by atoms with Gasteiger partial charge >= 0.3 is 0 Å². The maximum Gasteiger partial charge on any atom is 0.242 e. The normalized spacial score (nSPS) is 14.9. The Balaban J connectivity index is 1.30. The fourth-order valence-electron chi connectivity index (χ4n) is 3.53. The third kappa shape index (κ3) is 4.65. The highest BCUT2D eigenvalue weighted by molar-refractivity contribution is 7.71. The summed E-state index contributed by atoms with van der Waals surface area (Å²) in [6.07, 6.45) is 1.75. The second-order valence-electron chi connectivity index (χ2n) is 7.32. The van der Waals surface area contributed by atoms with Gasteiger partial charge in [-0.25, -0.2) is 0 Å². The number of carbonyl (C=O) groups excluding carboxylic acids is 1. The highest BCUT2D eigenvalue weighted by Gasteiger charge is 2.23. The van der Waals surface area contributed by atoms with E-state index in [9.17, 15) is 4.79 Å². The number of nitrogens with zero attached hydrogens (tertiary/aromatic N) is 6. The molecule has 1 aromatic carbocycles. The average Bonchev–Trinajstić information content (AvgIpc) is 3.37. The summed E-state index contributed by atoms with van der Waals surface area (Å²) < 4.78 is 7.71. The molecule has 1 saturated heterocycles. The van der Waals surface area contributed by atoms with Crippen molar-refractivity contribution >= 4 is 18.1 Å². The minimum absolute atomic E-state index is 0.0636. The number of nitrogens with one attached hydrogen (secondary N) is 1. The van der Waals surface area contributed by atoms with Gasteiger partial charge in [0.15, 0.2) is 4.77 Å². The largest absolute Gasteiger partial charge is 0.339 e. The van der Waals surface area contributed by atoms with Crippen LogP contribution < -0.4 is 0 Å². The topological polar surface area (TPSA) is 96.1 Å². The molecular weight excluding hydrogens is 402 g/mol. The summed E-state index contributed by atoms with van der Waals surface area (Å²) >= 11 is 5.28. The summed E-state index contributed by atoms with van der Waals surface area (Å²) in [5.74, 6) is 2.08. The number of hydrogen-bond acceptors (Lipinski definition) is 7. The van der Waals surface area contributed by atoms with E-state index in [-0.39, 0.29) is 12.5 Å². The molecule has 0 spiro atoms. The number of aromatic nitrogens is 5.